The molecule has 0 aromatic rings. The lowest BCUT2D eigenvalue weighted by molar-refractivity contribution is -0.145. The van der Waals surface area contributed by atoms with Crippen molar-refractivity contribution < 1.29 is 34.2 Å². The molecule has 3 amide bonds. The van der Waals surface area contributed by atoms with Crippen LogP contribution in [-0.4, -0.2) is 82.0 Å². The summed E-state index contributed by atoms with van der Waals surface area (Å²) in [5.74, 6) is -4.29. The number of nitrogens with zero attached hydrogens (tertiary/aromatic N) is 1. The van der Waals surface area contributed by atoms with Gasteiger partial charge in [0.25, 0.3) is 0 Å². The molecule has 170 valence electrons. The van der Waals surface area contributed by atoms with E-state index in [1.54, 1.807) is 0 Å². The second-order valence-electron chi connectivity index (χ2n) is 7.31. The van der Waals surface area contributed by atoms with Gasteiger partial charge in [-0.05, 0) is 45.6 Å². The van der Waals surface area contributed by atoms with Crippen molar-refractivity contribution in [3.05, 3.63) is 0 Å². The monoisotopic (exact) mass is 429 g/mol. The van der Waals surface area contributed by atoms with E-state index in [9.17, 15) is 29.1 Å². The number of hydrogen-bond acceptors (Lipinski definition) is 7. The maximum absolute atomic E-state index is 12.7. The SMILES string of the molecule is CC(NC(=O)C(N)CC(=O)O)C(=O)N1CCCC1C(=O)NC(CCCCN)C(=O)O. The van der Waals surface area contributed by atoms with Crippen LogP contribution in [0.1, 0.15) is 45.4 Å². The minimum atomic E-state index is -1.31. The molecule has 1 fully saturated rings. The fourth-order valence-electron chi connectivity index (χ4n) is 3.23. The Morgan fingerprint density at radius 3 is 2.37 bits per heavy atom. The number of aliphatic carboxylic acids is 2. The van der Waals surface area contributed by atoms with Gasteiger partial charge in [-0.2, -0.15) is 0 Å². The maximum atomic E-state index is 12.7. The van der Waals surface area contributed by atoms with Gasteiger partial charge in [0, 0.05) is 6.54 Å². The Kier molecular flexibility index (Phi) is 10.2. The van der Waals surface area contributed by atoms with E-state index in [-0.39, 0.29) is 13.0 Å². The van der Waals surface area contributed by atoms with Crippen molar-refractivity contribution in [2.45, 2.75) is 69.6 Å². The summed E-state index contributed by atoms with van der Waals surface area (Å²) >= 11 is 0. The minimum Gasteiger partial charge on any atom is -0.481 e. The van der Waals surface area contributed by atoms with Crippen LogP contribution in [0.25, 0.3) is 0 Å². The molecule has 1 aliphatic rings. The fraction of sp³-hybridized carbons (Fsp3) is 0.722. The van der Waals surface area contributed by atoms with Gasteiger partial charge >= 0.3 is 11.9 Å². The summed E-state index contributed by atoms with van der Waals surface area (Å²) in [7, 11) is 0. The molecule has 4 unspecified atom stereocenters. The van der Waals surface area contributed by atoms with Crippen LogP contribution in [0, 0.1) is 0 Å². The molecule has 0 aromatic carbocycles. The molecule has 1 rings (SSSR count). The Morgan fingerprint density at radius 1 is 1.13 bits per heavy atom. The fourth-order valence-corrected chi connectivity index (χ4v) is 3.23. The normalized spacial score (nSPS) is 18.9. The summed E-state index contributed by atoms with van der Waals surface area (Å²) in [6.45, 7) is 2.11. The first-order valence-electron chi connectivity index (χ1n) is 9.90. The summed E-state index contributed by atoms with van der Waals surface area (Å²) in [4.78, 5) is 60.6. The molecule has 30 heavy (non-hydrogen) atoms. The number of unbranched alkanes of at least 4 members (excludes halogenated alkanes) is 1. The lowest BCUT2D eigenvalue weighted by Gasteiger charge is -2.28. The Bertz CT molecular complexity index is 657. The number of nitrogens with one attached hydrogen (secondary N) is 2. The molecule has 1 saturated heterocycles. The van der Waals surface area contributed by atoms with E-state index in [0.717, 1.165) is 0 Å². The lowest BCUT2D eigenvalue weighted by Crippen LogP contribution is -2.56. The predicted octanol–water partition coefficient (Wildman–Crippen LogP) is -2.02. The van der Waals surface area contributed by atoms with Crippen molar-refractivity contribution in [1.82, 2.24) is 15.5 Å². The number of likely N-dealkylation sites (tertiary alicyclic amines) is 1. The van der Waals surface area contributed by atoms with E-state index in [4.69, 9.17) is 16.6 Å². The lowest BCUT2D eigenvalue weighted by atomic mass is 10.1. The van der Waals surface area contributed by atoms with E-state index in [2.05, 4.69) is 10.6 Å². The summed E-state index contributed by atoms with van der Waals surface area (Å²) in [5, 5.41) is 22.8. The van der Waals surface area contributed by atoms with Crippen molar-refractivity contribution in [1.29, 1.82) is 0 Å². The molecule has 0 aliphatic carbocycles. The van der Waals surface area contributed by atoms with Gasteiger partial charge in [-0.3, -0.25) is 19.2 Å². The largest absolute Gasteiger partial charge is 0.481 e. The summed E-state index contributed by atoms with van der Waals surface area (Å²) in [6.07, 6.45) is 1.74. The molecule has 0 radical (unpaired) electrons. The maximum Gasteiger partial charge on any atom is 0.326 e. The number of amides is 3. The Labute approximate surface area is 174 Å². The molecular formula is C18H31N5O7. The summed E-state index contributed by atoms with van der Waals surface area (Å²) < 4.78 is 0. The molecule has 1 heterocycles. The van der Waals surface area contributed by atoms with Crippen molar-refractivity contribution in [2.75, 3.05) is 13.1 Å². The molecule has 4 atom stereocenters. The smallest absolute Gasteiger partial charge is 0.326 e. The Morgan fingerprint density at radius 2 is 1.80 bits per heavy atom. The summed E-state index contributed by atoms with van der Waals surface area (Å²) in [6, 6.07) is -4.25. The van der Waals surface area contributed by atoms with Gasteiger partial charge in [0.2, 0.25) is 17.7 Å². The molecule has 8 N–H and O–H groups in total. The van der Waals surface area contributed by atoms with Crippen LogP contribution >= 0.6 is 0 Å². The van der Waals surface area contributed by atoms with Gasteiger partial charge in [0.1, 0.15) is 18.1 Å². The highest BCUT2D eigenvalue weighted by Gasteiger charge is 2.37. The van der Waals surface area contributed by atoms with Gasteiger partial charge in [0.15, 0.2) is 0 Å². The second-order valence-corrected chi connectivity index (χ2v) is 7.31. The highest BCUT2D eigenvalue weighted by molar-refractivity contribution is 5.94. The second kappa shape index (κ2) is 12.1. The van der Waals surface area contributed by atoms with Gasteiger partial charge in [-0.25, -0.2) is 4.79 Å². The first-order valence-corrected chi connectivity index (χ1v) is 9.90. The van der Waals surface area contributed by atoms with E-state index < -0.39 is 60.2 Å². The first kappa shape index (κ1) is 25.3. The van der Waals surface area contributed by atoms with Crippen molar-refractivity contribution in [3.8, 4) is 0 Å². The predicted molar refractivity (Wildman–Crippen MR) is 105 cm³/mol. The molecule has 1 aliphatic heterocycles. The molecule has 0 bridgehead atoms. The average molecular weight is 429 g/mol. The van der Waals surface area contributed by atoms with E-state index in [1.807, 2.05) is 0 Å². The van der Waals surface area contributed by atoms with Gasteiger partial charge in [0.05, 0.1) is 12.5 Å². The molecule has 0 saturated carbocycles. The van der Waals surface area contributed by atoms with Gasteiger partial charge in [-0.1, -0.05) is 0 Å². The van der Waals surface area contributed by atoms with Crippen LogP contribution in [-0.2, 0) is 24.0 Å². The van der Waals surface area contributed by atoms with Crippen molar-refractivity contribution >= 4 is 29.7 Å². The average Bonchev–Trinajstić information content (AvgIpc) is 3.15. The molecule has 12 heteroatoms. The highest BCUT2D eigenvalue weighted by Crippen LogP contribution is 2.19. The Hall–Kier alpha value is -2.73. The topological polar surface area (TPSA) is 205 Å². The van der Waals surface area contributed by atoms with E-state index in [0.29, 0.717) is 32.2 Å². The van der Waals surface area contributed by atoms with E-state index >= 15 is 0 Å². The quantitative estimate of drug-likeness (QED) is 0.189. The molecule has 0 aromatic heterocycles. The zero-order valence-corrected chi connectivity index (χ0v) is 17.0. The van der Waals surface area contributed by atoms with Crippen molar-refractivity contribution in [2.24, 2.45) is 11.5 Å². The molecule has 12 nitrogen and oxygen atoms in total. The number of carboxylic acids is 2. The van der Waals surface area contributed by atoms with Gasteiger partial charge in [-0.15, -0.1) is 0 Å². The summed E-state index contributed by atoms with van der Waals surface area (Å²) in [5.41, 5.74) is 10.9. The number of carbonyl (C=O) groups excluding carboxylic acids is 3. The van der Waals surface area contributed by atoms with Gasteiger partial charge < -0.3 is 37.2 Å². The number of rotatable bonds is 12. The molecule has 0 spiro atoms. The van der Waals surface area contributed by atoms with Crippen LogP contribution in [0.15, 0.2) is 0 Å². The zero-order valence-electron chi connectivity index (χ0n) is 17.0. The Balaban J connectivity index is 2.71. The standard InChI is InChI=1S/C18H31N5O7/c1-10(21-15(26)11(20)9-14(24)25)17(28)23-8-4-6-13(23)16(27)22-12(18(29)30)5-2-3-7-19/h10-13H,2-9,19-20H2,1H3,(H,21,26)(H,22,27)(H,24,25)(H,29,30). The number of carboxylic acid groups (broad SMARTS) is 2. The number of hydrogen-bond donors (Lipinski definition) is 6. The van der Waals surface area contributed by atoms with Crippen LogP contribution in [0.3, 0.4) is 0 Å². The highest BCUT2D eigenvalue weighted by atomic mass is 16.4. The third-order valence-electron chi connectivity index (χ3n) is 4.86. The van der Waals surface area contributed by atoms with Crippen LogP contribution in [0.5, 0.6) is 0 Å². The first-order chi connectivity index (χ1) is 14.1. The third kappa shape index (κ3) is 7.59. The van der Waals surface area contributed by atoms with Crippen molar-refractivity contribution in [3.63, 3.8) is 0 Å². The van der Waals surface area contributed by atoms with E-state index in [1.165, 1.54) is 11.8 Å². The van der Waals surface area contributed by atoms with Crippen LogP contribution < -0.4 is 22.1 Å². The third-order valence-corrected chi connectivity index (χ3v) is 4.86. The number of nitrogens with two attached hydrogens (primary N) is 2. The molecular weight excluding hydrogens is 398 g/mol. The zero-order chi connectivity index (χ0) is 22.8. The number of carbonyl (C=O) groups is 5. The minimum absolute atomic E-state index is 0.229. The van der Waals surface area contributed by atoms with Crippen LogP contribution in [0.2, 0.25) is 0 Å². The van der Waals surface area contributed by atoms with Crippen LogP contribution in [0.4, 0.5) is 0 Å².